The third kappa shape index (κ3) is 2.49. The summed E-state index contributed by atoms with van der Waals surface area (Å²) in [5.41, 5.74) is 17.9. The van der Waals surface area contributed by atoms with Crippen LogP contribution in [0.25, 0.3) is 0 Å². The van der Waals surface area contributed by atoms with E-state index < -0.39 is 0 Å². The number of nitrogens with two attached hydrogens (primary N) is 3. The quantitative estimate of drug-likeness (QED) is 0.662. The molecule has 0 amide bonds. The van der Waals surface area contributed by atoms with E-state index in [2.05, 4.69) is 15.0 Å². The second kappa shape index (κ2) is 4.48. The second-order valence-corrected chi connectivity index (χ2v) is 3.37. The number of aliphatic imine (C=N–C) groups is 1. The van der Waals surface area contributed by atoms with Gasteiger partial charge in [0.05, 0.1) is 0 Å². The van der Waals surface area contributed by atoms with Crippen molar-refractivity contribution >= 4 is 29.5 Å². The summed E-state index contributed by atoms with van der Waals surface area (Å²) in [7, 11) is 0. The number of aromatic nitrogens is 2. The molecule has 6 heteroatoms. The van der Waals surface area contributed by atoms with Gasteiger partial charge in [0.2, 0.25) is 5.95 Å². The summed E-state index contributed by atoms with van der Waals surface area (Å²) in [5, 5.41) is 0. The van der Waals surface area contributed by atoms with Crippen molar-refractivity contribution in [3.05, 3.63) is 35.9 Å². The molecule has 0 aliphatic rings. The zero-order valence-corrected chi connectivity index (χ0v) is 9.04. The van der Waals surface area contributed by atoms with Crippen LogP contribution in [0.3, 0.4) is 0 Å². The fourth-order valence-electron chi connectivity index (χ4n) is 1.27. The van der Waals surface area contributed by atoms with E-state index in [4.69, 9.17) is 17.2 Å². The molecule has 2 aromatic rings. The molecular weight excluding hydrogens is 216 g/mol. The Morgan fingerprint density at radius 2 is 1.71 bits per heavy atom. The monoisotopic (exact) mass is 228 g/mol. The molecule has 0 saturated heterocycles. The van der Waals surface area contributed by atoms with Gasteiger partial charge in [0, 0.05) is 6.21 Å². The minimum atomic E-state index is 0.0527. The van der Waals surface area contributed by atoms with E-state index in [-0.39, 0.29) is 23.3 Å². The first-order chi connectivity index (χ1) is 8.16. The zero-order valence-electron chi connectivity index (χ0n) is 9.04. The van der Waals surface area contributed by atoms with Crippen LogP contribution in [-0.2, 0) is 0 Å². The van der Waals surface area contributed by atoms with Crippen LogP contribution in [-0.4, -0.2) is 16.2 Å². The molecule has 17 heavy (non-hydrogen) atoms. The summed E-state index contributed by atoms with van der Waals surface area (Å²) < 4.78 is 0. The summed E-state index contributed by atoms with van der Waals surface area (Å²) in [5.74, 6) is 0.466. The lowest BCUT2D eigenvalue weighted by Crippen LogP contribution is -2.04. The van der Waals surface area contributed by atoms with Gasteiger partial charge in [0.1, 0.15) is 5.69 Å². The molecule has 0 fully saturated rings. The second-order valence-electron chi connectivity index (χ2n) is 3.37. The molecule has 0 radical (unpaired) electrons. The number of benzene rings is 1. The Bertz CT molecular complexity index is 549. The largest absolute Gasteiger partial charge is 0.393 e. The van der Waals surface area contributed by atoms with Crippen LogP contribution in [0.4, 0.5) is 23.3 Å². The van der Waals surface area contributed by atoms with Gasteiger partial charge in [-0.1, -0.05) is 30.3 Å². The zero-order chi connectivity index (χ0) is 12.3. The molecule has 1 heterocycles. The average molecular weight is 228 g/mol. The Morgan fingerprint density at radius 1 is 1.00 bits per heavy atom. The fraction of sp³-hybridized carbons (Fsp3) is 0. The molecular formula is C11H12N6. The summed E-state index contributed by atoms with van der Waals surface area (Å²) in [4.78, 5) is 11.8. The highest BCUT2D eigenvalue weighted by atomic mass is 15.1. The van der Waals surface area contributed by atoms with Crippen LogP contribution >= 0.6 is 0 Å². The van der Waals surface area contributed by atoms with Crippen LogP contribution in [0.2, 0.25) is 0 Å². The van der Waals surface area contributed by atoms with Gasteiger partial charge in [0.15, 0.2) is 11.6 Å². The van der Waals surface area contributed by atoms with Crippen LogP contribution in [0.15, 0.2) is 35.3 Å². The molecule has 0 bridgehead atoms. The Kier molecular flexibility index (Phi) is 2.87. The Morgan fingerprint density at radius 3 is 2.41 bits per heavy atom. The Balaban J connectivity index is 2.33. The van der Waals surface area contributed by atoms with Gasteiger partial charge in [-0.15, -0.1) is 0 Å². The van der Waals surface area contributed by atoms with Gasteiger partial charge in [-0.25, -0.2) is 4.99 Å². The van der Waals surface area contributed by atoms with Gasteiger partial charge in [-0.3, -0.25) is 0 Å². The highest BCUT2D eigenvalue weighted by Crippen LogP contribution is 2.24. The number of anilines is 3. The van der Waals surface area contributed by atoms with Crippen LogP contribution in [0.5, 0.6) is 0 Å². The number of hydrogen-bond donors (Lipinski definition) is 3. The van der Waals surface area contributed by atoms with Crippen molar-refractivity contribution in [3.63, 3.8) is 0 Å². The standard InChI is InChI=1S/C11H12N6/c12-8-9(13)16-11(14)17-10(8)15-6-7-4-2-1-3-5-7/h1-6H,12H2,(H4,13,14,16,17)/b15-6+. The third-order valence-electron chi connectivity index (χ3n) is 2.11. The fourth-order valence-corrected chi connectivity index (χ4v) is 1.27. The van der Waals surface area contributed by atoms with Crippen molar-refractivity contribution in [3.8, 4) is 0 Å². The Hall–Kier alpha value is -2.63. The lowest BCUT2D eigenvalue weighted by molar-refractivity contribution is 1.18. The number of rotatable bonds is 2. The van der Waals surface area contributed by atoms with Gasteiger partial charge in [0.25, 0.3) is 0 Å². The highest BCUT2D eigenvalue weighted by Gasteiger charge is 2.05. The van der Waals surface area contributed by atoms with Crippen molar-refractivity contribution < 1.29 is 0 Å². The lowest BCUT2D eigenvalue weighted by atomic mass is 10.2. The molecule has 0 unspecified atom stereocenters. The third-order valence-corrected chi connectivity index (χ3v) is 2.11. The van der Waals surface area contributed by atoms with Gasteiger partial charge in [-0.2, -0.15) is 9.97 Å². The topological polar surface area (TPSA) is 116 Å². The minimum Gasteiger partial charge on any atom is -0.393 e. The SMILES string of the molecule is Nc1nc(N)c(N)c(/N=C/c2ccccc2)n1. The molecule has 0 atom stereocenters. The highest BCUT2D eigenvalue weighted by molar-refractivity contribution is 5.84. The predicted octanol–water partition coefficient (Wildman–Crippen LogP) is 0.974. The van der Waals surface area contributed by atoms with E-state index in [1.165, 1.54) is 0 Å². The normalized spacial score (nSPS) is 10.8. The maximum Gasteiger partial charge on any atom is 0.224 e. The molecule has 2 rings (SSSR count). The van der Waals surface area contributed by atoms with E-state index in [9.17, 15) is 0 Å². The Labute approximate surface area is 98.2 Å². The summed E-state index contributed by atoms with van der Waals surface area (Å²) in [6.45, 7) is 0. The minimum absolute atomic E-state index is 0.0527. The van der Waals surface area contributed by atoms with E-state index in [1.807, 2.05) is 30.3 Å². The molecule has 6 N–H and O–H groups in total. The van der Waals surface area contributed by atoms with E-state index in [0.717, 1.165) is 5.56 Å². The molecule has 0 saturated carbocycles. The summed E-state index contributed by atoms with van der Waals surface area (Å²) in [6.07, 6.45) is 1.64. The van der Waals surface area contributed by atoms with Crippen LogP contribution in [0.1, 0.15) is 5.56 Å². The van der Waals surface area contributed by atoms with Crippen molar-refractivity contribution in [2.45, 2.75) is 0 Å². The molecule has 1 aromatic carbocycles. The summed E-state index contributed by atoms with van der Waals surface area (Å²) in [6, 6.07) is 9.56. The first-order valence-corrected chi connectivity index (χ1v) is 4.94. The maximum atomic E-state index is 5.70. The first kappa shape index (κ1) is 10.9. The molecule has 0 aliphatic carbocycles. The van der Waals surface area contributed by atoms with Gasteiger partial charge >= 0.3 is 0 Å². The number of hydrogen-bond acceptors (Lipinski definition) is 6. The van der Waals surface area contributed by atoms with E-state index in [0.29, 0.717) is 0 Å². The van der Waals surface area contributed by atoms with Gasteiger partial charge < -0.3 is 17.2 Å². The maximum absolute atomic E-state index is 5.70. The van der Waals surface area contributed by atoms with Crippen molar-refractivity contribution in [2.24, 2.45) is 4.99 Å². The molecule has 6 nitrogen and oxygen atoms in total. The predicted molar refractivity (Wildman–Crippen MR) is 69.0 cm³/mol. The molecule has 86 valence electrons. The first-order valence-electron chi connectivity index (χ1n) is 4.94. The molecule has 0 spiro atoms. The van der Waals surface area contributed by atoms with Gasteiger partial charge in [-0.05, 0) is 5.56 Å². The van der Waals surface area contributed by atoms with E-state index >= 15 is 0 Å². The summed E-state index contributed by atoms with van der Waals surface area (Å²) >= 11 is 0. The smallest absolute Gasteiger partial charge is 0.224 e. The van der Waals surface area contributed by atoms with Crippen LogP contribution in [0, 0.1) is 0 Å². The van der Waals surface area contributed by atoms with Crippen molar-refractivity contribution in [1.82, 2.24) is 9.97 Å². The van der Waals surface area contributed by atoms with Crippen molar-refractivity contribution in [1.29, 1.82) is 0 Å². The number of nitrogen functional groups attached to an aromatic ring is 3. The average Bonchev–Trinajstić information content (AvgIpc) is 2.33. The lowest BCUT2D eigenvalue weighted by Gasteiger charge is -2.02. The van der Waals surface area contributed by atoms with E-state index in [1.54, 1.807) is 6.21 Å². The molecule has 0 aliphatic heterocycles. The van der Waals surface area contributed by atoms with Crippen LogP contribution < -0.4 is 17.2 Å². The molecule has 1 aromatic heterocycles. The van der Waals surface area contributed by atoms with Crippen molar-refractivity contribution in [2.75, 3.05) is 17.2 Å². The number of nitrogens with zero attached hydrogens (tertiary/aromatic N) is 3.